The van der Waals surface area contributed by atoms with Crippen LogP contribution in [-0.2, 0) is 14.3 Å². The van der Waals surface area contributed by atoms with Crippen molar-refractivity contribution in [2.75, 3.05) is 27.4 Å². The summed E-state index contributed by atoms with van der Waals surface area (Å²) in [6, 6.07) is 5.66. The molecule has 5 nitrogen and oxygen atoms in total. The molecule has 2 aliphatic rings. The number of ether oxygens (including phenoxy) is 4. The van der Waals surface area contributed by atoms with Gasteiger partial charge in [-0.2, -0.15) is 0 Å². The number of carbonyl (C=O) groups excluding carboxylic acids is 1. The Kier molecular flexibility index (Phi) is 3.87. The molecule has 1 heterocycles. The second-order valence-electron chi connectivity index (χ2n) is 5.46. The highest BCUT2D eigenvalue weighted by atomic mass is 16.7. The second kappa shape index (κ2) is 5.66. The predicted molar refractivity (Wildman–Crippen MR) is 75.8 cm³/mol. The summed E-state index contributed by atoms with van der Waals surface area (Å²) in [5.74, 6) is 0.697. The van der Waals surface area contributed by atoms with E-state index in [9.17, 15) is 4.79 Å². The van der Waals surface area contributed by atoms with Crippen LogP contribution in [0.25, 0.3) is 0 Å². The highest BCUT2D eigenvalue weighted by Crippen LogP contribution is 2.41. The predicted octanol–water partition coefficient (Wildman–Crippen LogP) is 2.28. The Morgan fingerprint density at radius 1 is 1.14 bits per heavy atom. The maximum absolute atomic E-state index is 12.5. The zero-order chi connectivity index (χ0) is 14.9. The number of Topliss-reactive ketones (excluding diaryl/α,β-unsaturated/α-hetero) is 1. The highest BCUT2D eigenvalue weighted by molar-refractivity contribution is 5.87. The van der Waals surface area contributed by atoms with Gasteiger partial charge in [0.2, 0.25) is 0 Å². The van der Waals surface area contributed by atoms with Crippen molar-refractivity contribution in [2.45, 2.75) is 31.0 Å². The molecule has 2 fully saturated rings. The molecule has 1 saturated heterocycles. The van der Waals surface area contributed by atoms with E-state index in [1.807, 2.05) is 18.2 Å². The highest BCUT2D eigenvalue weighted by Gasteiger charge is 2.44. The first kappa shape index (κ1) is 14.4. The molecule has 3 rings (SSSR count). The SMILES string of the molecule is COc1ccc(C2CCC3(CC2=O)OCCO3)cc1OC. The summed E-state index contributed by atoms with van der Waals surface area (Å²) in [6.07, 6.45) is 1.80. The lowest BCUT2D eigenvalue weighted by molar-refractivity contribution is -0.182. The van der Waals surface area contributed by atoms with Gasteiger partial charge < -0.3 is 18.9 Å². The van der Waals surface area contributed by atoms with Gasteiger partial charge in [-0.05, 0) is 24.1 Å². The Morgan fingerprint density at radius 3 is 2.48 bits per heavy atom. The Balaban J connectivity index is 1.80. The Labute approximate surface area is 124 Å². The minimum Gasteiger partial charge on any atom is -0.493 e. The van der Waals surface area contributed by atoms with Gasteiger partial charge in [-0.25, -0.2) is 0 Å². The fourth-order valence-electron chi connectivity index (χ4n) is 3.17. The van der Waals surface area contributed by atoms with Crippen LogP contribution in [0.3, 0.4) is 0 Å². The van der Waals surface area contributed by atoms with Crippen molar-refractivity contribution >= 4 is 5.78 Å². The van der Waals surface area contributed by atoms with Crippen molar-refractivity contribution < 1.29 is 23.7 Å². The minimum atomic E-state index is -0.663. The van der Waals surface area contributed by atoms with Gasteiger partial charge in [0.05, 0.1) is 33.9 Å². The fourth-order valence-corrected chi connectivity index (χ4v) is 3.17. The molecule has 1 aliphatic heterocycles. The molecule has 0 N–H and O–H groups in total. The third-order valence-electron chi connectivity index (χ3n) is 4.27. The lowest BCUT2D eigenvalue weighted by atomic mass is 9.80. The number of carbonyl (C=O) groups is 1. The molecule has 0 aromatic heterocycles. The van der Waals surface area contributed by atoms with E-state index in [2.05, 4.69) is 0 Å². The molecule has 1 aromatic rings. The van der Waals surface area contributed by atoms with Crippen LogP contribution in [0, 0.1) is 0 Å². The van der Waals surface area contributed by atoms with Crippen LogP contribution in [0.5, 0.6) is 11.5 Å². The van der Waals surface area contributed by atoms with E-state index in [0.29, 0.717) is 31.1 Å². The summed E-state index contributed by atoms with van der Waals surface area (Å²) in [4.78, 5) is 12.5. The van der Waals surface area contributed by atoms with E-state index in [1.54, 1.807) is 14.2 Å². The summed E-state index contributed by atoms with van der Waals surface area (Å²) in [7, 11) is 3.20. The quantitative estimate of drug-likeness (QED) is 0.855. The number of rotatable bonds is 3. The number of methoxy groups -OCH3 is 2. The summed E-state index contributed by atoms with van der Waals surface area (Å²) >= 11 is 0. The largest absolute Gasteiger partial charge is 0.493 e. The molecule has 0 radical (unpaired) electrons. The molecule has 114 valence electrons. The molecule has 1 aliphatic carbocycles. The van der Waals surface area contributed by atoms with Crippen LogP contribution in [-0.4, -0.2) is 39.0 Å². The van der Waals surface area contributed by atoms with Crippen LogP contribution in [0.15, 0.2) is 18.2 Å². The lowest BCUT2D eigenvalue weighted by Crippen LogP contribution is -2.39. The molecule has 1 spiro atoms. The van der Waals surface area contributed by atoms with Crippen molar-refractivity contribution in [3.8, 4) is 11.5 Å². The number of benzene rings is 1. The van der Waals surface area contributed by atoms with Crippen molar-refractivity contribution in [3.63, 3.8) is 0 Å². The van der Waals surface area contributed by atoms with Gasteiger partial charge in [0, 0.05) is 12.3 Å². The summed E-state index contributed by atoms with van der Waals surface area (Å²) < 4.78 is 21.8. The van der Waals surface area contributed by atoms with Crippen LogP contribution in [0.4, 0.5) is 0 Å². The average molecular weight is 292 g/mol. The Bertz CT molecular complexity index is 533. The normalized spacial score (nSPS) is 24.3. The van der Waals surface area contributed by atoms with E-state index in [0.717, 1.165) is 18.4 Å². The first-order valence-corrected chi connectivity index (χ1v) is 7.20. The Morgan fingerprint density at radius 2 is 1.86 bits per heavy atom. The maximum atomic E-state index is 12.5. The van der Waals surface area contributed by atoms with Gasteiger partial charge in [-0.3, -0.25) is 4.79 Å². The molecule has 1 aromatic carbocycles. The summed E-state index contributed by atoms with van der Waals surface area (Å²) in [5.41, 5.74) is 0.963. The van der Waals surface area contributed by atoms with Gasteiger partial charge in [0.25, 0.3) is 0 Å². The third-order valence-corrected chi connectivity index (χ3v) is 4.27. The van der Waals surface area contributed by atoms with Crippen molar-refractivity contribution in [2.24, 2.45) is 0 Å². The van der Waals surface area contributed by atoms with E-state index in [-0.39, 0.29) is 11.7 Å². The molecular formula is C16H20O5. The standard InChI is InChI=1S/C16H20O5/c1-18-14-4-3-11(9-15(14)19-2)12-5-6-16(10-13(12)17)20-7-8-21-16/h3-4,9,12H,5-8,10H2,1-2H3. The van der Waals surface area contributed by atoms with Gasteiger partial charge in [-0.15, -0.1) is 0 Å². The first-order valence-electron chi connectivity index (χ1n) is 7.20. The van der Waals surface area contributed by atoms with Crippen LogP contribution in [0.1, 0.15) is 30.7 Å². The van der Waals surface area contributed by atoms with Gasteiger partial charge in [0.1, 0.15) is 5.78 Å². The monoisotopic (exact) mass is 292 g/mol. The molecule has 21 heavy (non-hydrogen) atoms. The van der Waals surface area contributed by atoms with Gasteiger partial charge in [0.15, 0.2) is 17.3 Å². The van der Waals surface area contributed by atoms with E-state index in [1.165, 1.54) is 0 Å². The first-order chi connectivity index (χ1) is 10.2. The number of hydrogen-bond acceptors (Lipinski definition) is 5. The average Bonchev–Trinajstić information content (AvgIpc) is 2.94. The second-order valence-corrected chi connectivity index (χ2v) is 5.46. The molecule has 1 saturated carbocycles. The molecular weight excluding hydrogens is 272 g/mol. The minimum absolute atomic E-state index is 0.122. The third kappa shape index (κ3) is 2.63. The smallest absolute Gasteiger partial charge is 0.175 e. The fraction of sp³-hybridized carbons (Fsp3) is 0.562. The van der Waals surface area contributed by atoms with E-state index in [4.69, 9.17) is 18.9 Å². The van der Waals surface area contributed by atoms with Crippen LogP contribution >= 0.6 is 0 Å². The topological polar surface area (TPSA) is 54.0 Å². The summed E-state index contributed by atoms with van der Waals surface area (Å²) in [5, 5.41) is 0. The molecule has 0 bridgehead atoms. The molecule has 0 amide bonds. The zero-order valence-electron chi connectivity index (χ0n) is 12.4. The van der Waals surface area contributed by atoms with Gasteiger partial charge >= 0.3 is 0 Å². The van der Waals surface area contributed by atoms with Crippen LogP contribution < -0.4 is 9.47 Å². The number of ketones is 1. The van der Waals surface area contributed by atoms with Crippen LogP contribution in [0.2, 0.25) is 0 Å². The zero-order valence-corrected chi connectivity index (χ0v) is 12.4. The molecule has 1 unspecified atom stereocenters. The van der Waals surface area contributed by atoms with Crippen molar-refractivity contribution in [3.05, 3.63) is 23.8 Å². The van der Waals surface area contributed by atoms with E-state index < -0.39 is 5.79 Å². The number of hydrogen-bond donors (Lipinski definition) is 0. The van der Waals surface area contributed by atoms with Crippen molar-refractivity contribution in [1.82, 2.24) is 0 Å². The van der Waals surface area contributed by atoms with E-state index >= 15 is 0 Å². The van der Waals surface area contributed by atoms with Crippen molar-refractivity contribution in [1.29, 1.82) is 0 Å². The maximum Gasteiger partial charge on any atom is 0.175 e. The Hall–Kier alpha value is -1.59. The van der Waals surface area contributed by atoms with Gasteiger partial charge in [-0.1, -0.05) is 6.07 Å². The summed E-state index contributed by atoms with van der Waals surface area (Å²) in [6.45, 7) is 1.16. The molecule has 5 heteroatoms. The lowest BCUT2D eigenvalue weighted by Gasteiger charge is -2.34. The molecule has 1 atom stereocenters.